The van der Waals surface area contributed by atoms with Gasteiger partial charge >= 0.3 is 0 Å². The Morgan fingerprint density at radius 3 is 2.40 bits per heavy atom. The van der Waals surface area contributed by atoms with Crippen molar-refractivity contribution in [3.63, 3.8) is 0 Å². The maximum Gasteiger partial charge on any atom is 0.199 e. The number of rotatable bonds is 8. The third-order valence-corrected chi connectivity index (χ3v) is 5.96. The SMILES string of the molecule is CCOc1ccc(/C=C(/Sc2ccccc2Cl)C(=O)c2ccc(Cl)cc2)cc1OC. The largest absolute Gasteiger partial charge is 0.493 e. The van der Waals surface area contributed by atoms with Crippen LogP contribution in [0.2, 0.25) is 10.0 Å². The van der Waals surface area contributed by atoms with Crippen LogP contribution in [-0.2, 0) is 0 Å². The molecule has 0 atom stereocenters. The first-order chi connectivity index (χ1) is 14.5. The molecule has 3 nitrogen and oxygen atoms in total. The molecule has 0 radical (unpaired) electrons. The lowest BCUT2D eigenvalue weighted by molar-refractivity contribution is 0.104. The van der Waals surface area contributed by atoms with E-state index in [0.29, 0.717) is 38.6 Å². The molecule has 0 saturated carbocycles. The summed E-state index contributed by atoms with van der Waals surface area (Å²) in [7, 11) is 1.59. The average molecular weight is 459 g/mol. The molecule has 0 unspecified atom stereocenters. The fraction of sp³-hybridized carbons (Fsp3) is 0.125. The number of methoxy groups -OCH3 is 1. The van der Waals surface area contributed by atoms with Gasteiger partial charge in [-0.3, -0.25) is 4.79 Å². The van der Waals surface area contributed by atoms with Gasteiger partial charge in [0.05, 0.1) is 23.6 Å². The number of halogens is 2. The number of carbonyl (C=O) groups excluding carboxylic acids is 1. The third kappa shape index (κ3) is 5.60. The van der Waals surface area contributed by atoms with E-state index in [9.17, 15) is 4.79 Å². The van der Waals surface area contributed by atoms with E-state index in [1.54, 1.807) is 37.4 Å². The van der Waals surface area contributed by atoms with Crippen molar-refractivity contribution in [3.8, 4) is 11.5 Å². The van der Waals surface area contributed by atoms with Crippen molar-refractivity contribution in [3.05, 3.63) is 92.8 Å². The molecule has 0 fully saturated rings. The first kappa shape index (κ1) is 22.3. The minimum atomic E-state index is -0.121. The van der Waals surface area contributed by atoms with E-state index in [-0.39, 0.29) is 5.78 Å². The highest BCUT2D eigenvalue weighted by Gasteiger charge is 2.16. The number of carbonyl (C=O) groups is 1. The van der Waals surface area contributed by atoms with E-state index >= 15 is 0 Å². The Hall–Kier alpha value is -2.40. The highest BCUT2D eigenvalue weighted by atomic mass is 35.5. The minimum Gasteiger partial charge on any atom is -0.493 e. The highest BCUT2D eigenvalue weighted by molar-refractivity contribution is 8.04. The van der Waals surface area contributed by atoms with Crippen LogP contribution in [0.1, 0.15) is 22.8 Å². The maximum atomic E-state index is 13.3. The lowest BCUT2D eigenvalue weighted by Gasteiger charge is -2.11. The Labute approximate surface area is 190 Å². The van der Waals surface area contributed by atoms with Crippen LogP contribution in [0.15, 0.2) is 76.5 Å². The first-order valence-corrected chi connectivity index (χ1v) is 10.8. The molecule has 0 amide bonds. The van der Waals surface area contributed by atoms with Crippen LogP contribution < -0.4 is 9.47 Å². The number of allylic oxidation sites excluding steroid dienone is 1. The fourth-order valence-corrected chi connectivity index (χ4v) is 4.06. The monoisotopic (exact) mass is 458 g/mol. The number of hydrogen-bond acceptors (Lipinski definition) is 4. The van der Waals surface area contributed by atoms with Gasteiger partial charge in [0.25, 0.3) is 0 Å². The standard InChI is InChI=1S/C24H20Cl2O3S/c1-3-29-20-13-8-16(14-21(20)28-2)15-23(30-22-7-5-4-6-19(22)26)24(27)17-9-11-18(25)12-10-17/h4-15H,3H2,1-2H3/b23-15+. The lowest BCUT2D eigenvalue weighted by Crippen LogP contribution is -2.01. The van der Waals surface area contributed by atoms with E-state index in [4.69, 9.17) is 32.7 Å². The topological polar surface area (TPSA) is 35.5 Å². The van der Waals surface area contributed by atoms with Crippen molar-refractivity contribution in [2.45, 2.75) is 11.8 Å². The molecule has 30 heavy (non-hydrogen) atoms. The van der Waals surface area contributed by atoms with Gasteiger partial charge in [0.15, 0.2) is 17.3 Å². The Kier molecular flexibility index (Phi) is 7.86. The smallest absolute Gasteiger partial charge is 0.199 e. The molecule has 0 aliphatic carbocycles. The third-order valence-electron chi connectivity index (χ3n) is 4.17. The minimum absolute atomic E-state index is 0.121. The van der Waals surface area contributed by atoms with E-state index in [1.807, 2.05) is 49.4 Å². The van der Waals surface area contributed by atoms with Gasteiger partial charge in [-0.05, 0) is 67.1 Å². The summed E-state index contributed by atoms with van der Waals surface area (Å²) < 4.78 is 11.0. The highest BCUT2D eigenvalue weighted by Crippen LogP contribution is 2.36. The van der Waals surface area contributed by atoms with Gasteiger partial charge in [-0.1, -0.05) is 53.2 Å². The first-order valence-electron chi connectivity index (χ1n) is 9.27. The van der Waals surface area contributed by atoms with Crippen molar-refractivity contribution >= 4 is 46.8 Å². The lowest BCUT2D eigenvalue weighted by atomic mass is 10.1. The molecule has 3 aromatic carbocycles. The fourth-order valence-electron chi connectivity index (χ4n) is 2.73. The van der Waals surface area contributed by atoms with Crippen molar-refractivity contribution < 1.29 is 14.3 Å². The number of ketones is 1. The van der Waals surface area contributed by atoms with Crippen LogP contribution in [0.25, 0.3) is 6.08 Å². The Morgan fingerprint density at radius 2 is 1.73 bits per heavy atom. The molecule has 3 rings (SSSR count). The summed E-state index contributed by atoms with van der Waals surface area (Å²) in [6.07, 6.45) is 1.82. The quantitative estimate of drug-likeness (QED) is 0.200. The predicted octanol–water partition coefficient (Wildman–Crippen LogP) is 7.42. The molecule has 0 aliphatic heterocycles. The Morgan fingerprint density at radius 1 is 1.00 bits per heavy atom. The molecule has 0 aromatic heterocycles. The van der Waals surface area contributed by atoms with Crippen molar-refractivity contribution in [2.24, 2.45) is 0 Å². The van der Waals surface area contributed by atoms with Crippen LogP contribution in [-0.4, -0.2) is 19.5 Å². The van der Waals surface area contributed by atoms with Crippen LogP contribution in [0.5, 0.6) is 11.5 Å². The molecule has 0 bridgehead atoms. The molecule has 0 saturated heterocycles. The van der Waals surface area contributed by atoms with Gasteiger partial charge in [-0.25, -0.2) is 0 Å². The number of thioether (sulfide) groups is 1. The molecule has 0 N–H and O–H groups in total. The molecule has 0 spiro atoms. The zero-order valence-electron chi connectivity index (χ0n) is 16.5. The van der Waals surface area contributed by atoms with Crippen molar-refractivity contribution in [2.75, 3.05) is 13.7 Å². The normalized spacial score (nSPS) is 11.3. The van der Waals surface area contributed by atoms with Crippen molar-refractivity contribution in [1.29, 1.82) is 0 Å². The zero-order valence-corrected chi connectivity index (χ0v) is 18.9. The van der Waals surface area contributed by atoms with Crippen LogP contribution in [0.3, 0.4) is 0 Å². The summed E-state index contributed by atoms with van der Waals surface area (Å²) in [5.74, 6) is 1.14. The molecule has 3 aromatic rings. The summed E-state index contributed by atoms with van der Waals surface area (Å²) in [6.45, 7) is 2.45. The van der Waals surface area contributed by atoms with Crippen LogP contribution in [0.4, 0.5) is 0 Å². The maximum absolute atomic E-state index is 13.3. The van der Waals surface area contributed by atoms with Crippen LogP contribution in [0, 0.1) is 0 Å². The van der Waals surface area contributed by atoms with Gasteiger partial charge in [0.2, 0.25) is 0 Å². The summed E-state index contributed by atoms with van der Waals surface area (Å²) in [5, 5.41) is 1.16. The van der Waals surface area contributed by atoms with Crippen LogP contribution >= 0.6 is 35.0 Å². The van der Waals surface area contributed by atoms with Crippen molar-refractivity contribution in [1.82, 2.24) is 0 Å². The predicted molar refractivity (Wildman–Crippen MR) is 125 cm³/mol. The number of Topliss-reactive ketones (excluding diaryl/α,β-unsaturated/α-hetero) is 1. The molecule has 0 aliphatic rings. The second-order valence-electron chi connectivity index (χ2n) is 6.22. The van der Waals surface area contributed by atoms with Gasteiger partial charge in [-0.15, -0.1) is 0 Å². The van der Waals surface area contributed by atoms with Gasteiger partial charge < -0.3 is 9.47 Å². The summed E-state index contributed by atoms with van der Waals surface area (Å²) in [5.41, 5.74) is 1.36. The zero-order chi connectivity index (χ0) is 21.5. The van der Waals surface area contributed by atoms with Gasteiger partial charge in [0.1, 0.15) is 0 Å². The van der Waals surface area contributed by atoms with E-state index in [1.165, 1.54) is 11.8 Å². The Balaban J connectivity index is 2.03. The van der Waals surface area contributed by atoms with Gasteiger partial charge in [-0.2, -0.15) is 0 Å². The number of benzene rings is 3. The molecule has 0 heterocycles. The molecule has 154 valence electrons. The van der Waals surface area contributed by atoms with E-state index in [0.717, 1.165) is 10.5 Å². The summed E-state index contributed by atoms with van der Waals surface area (Å²) in [6, 6.07) is 19.8. The Bertz CT molecular complexity index is 1060. The summed E-state index contributed by atoms with van der Waals surface area (Å²) >= 11 is 13.6. The second kappa shape index (κ2) is 10.6. The molecular weight excluding hydrogens is 439 g/mol. The van der Waals surface area contributed by atoms with E-state index < -0.39 is 0 Å². The molecular formula is C24H20Cl2O3S. The second-order valence-corrected chi connectivity index (χ2v) is 8.15. The number of ether oxygens (including phenoxy) is 2. The molecule has 6 heteroatoms. The summed E-state index contributed by atoms with van der Waals surface area (Å²) in [4.78, 5) is 14.6. The van der Waals surface area contributed by atoms with Gasteiger partial charge in [0, 0.05) is 15.5 Å². The average Bonchev–Trinajstić information content (AvgIpc) is 2.76. The van der Waals surface area contributed by atoms with E-state index in [2.05, 4.69) is 0 Å². The number of hydrogen-bond donors (Lipinski definition) is 0.